The summed E-state index contributed by atoms with van der Waals surface area (Å²) in [4.78, 5) is 10.8. The van der Waals surface area contributed by atoms with Crippen LogP contribution in [0, 0.1) is 6.92 Å². The van der Waals surface area contributed by atoms with E-state index in [1.54, 1.807) is 12.4 Å². The molecule has 1 saturated heterocycles. The first-order valence-corrected chi connectivity index (χ1v) is 6.92. The number of rotatable bonds is 2. The van der Waals surface area contributed by atoms with E-state index in [2.05, 4.69) is 46.1 Å². The highest BCUT2D eigenvalue weighted by Gasteiger charge is 2.27. The second kappa shape index (κ2) is 5.17. The van der Waals surface area contributed by atoms with Gasteiger partial charge in [0.05, 0.1) is 18.4 Å². The minimum absolute atomic E-state index is 0.383. The topological polar surface area (TPSA) is 29.0 Å². The second-order valence-corrected chi connectivity index (χ2v) is 5.35. The maximum absolute atomic E-state index is 5.94. The van der Waals surface area contributed by atoms with Gasteiger partial charge in [-0.15, -0.1) is 0 Å². The van der Waals surface area contributed by atoms with E-state index in [0.717, 1.165) is 18.8 Å². The van der Waals surface area contributed by atoms with Crippen molar-refractivity contribution in [3.8, 4) is 0 Å². The van der Waals surface area contributed by atoms with Crippen LogP contribution in [0.5, 0.6) is 0 Å². The molecule has 0 spiro atoms. The molecule has 19 heavy (non-hydrogen) atoms. The fourth-order valence-corrected chi connectivity index (χ4v) is 2.79. The van der Waals surface area contributed by atoms with Crippen molar-refractivity contribution in [2.75, 3.05) is 11.4 Å². The molecule has 0 unspecified atom stereocenters. The summed E-state index contributed by atoms with van der Waals surface area (Å²) in [5.41, 5.74) is 2.63. The van der Waals surface area contributed by atoms with Gasteiger partial charge in [0.15, 0.2) is 0 Å². The molecule has 98 valence electrons. The van der Waals surface area contributed by atoms with Crippen LogP contribution >= 0.6 is 11.6 Å². The first-order valence-electron chi connectivity index (χ1n) is 6.55. The molecule has 0 bridgehead atoms. The van der Waals surface area contributed by atoms with Crippen LogP contribution in [0.3, 0.4) is 0 Å². The summed E-state index contributed by atoms with van der Waals surface area (Å²) in [5.74, 6) is 0.871. The quantitative estimate of drug-likeness (QED) is 0.834. The number of hydrogen-bond acceptors (Lipinski definition) is 3. The fourth-order valence-electron chi connectivity index (χ4n) is 2.65. The Morgan fingerprint density at radius 1 is 1.21 bits per heavy atom. The van der Waals surface area contributed by atoms with Crippen LogP contribution in [0.15, 0.2) is 36.7 Å². The normalized spacial score (nSPS) is 18.8. The minimum Gasteiger partial charge on any atom is -0.348 e. The molecule has 2 aromatic rings. The van der Waals surface area contributed by atoms with Gasteiger partial charge in [-0.2, -0.15) is 0 Å². The number of halogens is 1. The lowest BCUT2D eigenvalue weighted by atomic mass is 10.0. The molecule has 0 amide bonds. The van der Waals surface area contributed by atoms with Crippen LogP contribution in [0.25, 0.3) is 0 Å². The van der Waals surface area contributed by atoms with Crippen molar-refractivity contribution in [3.63, 3.8) is 0 Å². The molecule has 3 nitrogen and oxygen atoms in total. The molecule has 1 aliphatic heterocycles. The van der Waals surface area contributed by atoms with Gasteiger partial charge in [0.1, 0.15) is 11.0 Å². The molecule has 2 heterocycles. The Kier molecular flexibility index (Phi) is 3.38. The van der Waals surface area contributed by atoms with Gasteiger partial charge in [0.2, 0.25) is 0 Å². The Morgan fingerprint density at radius 2 is 2.00 bits per heavy atom. The van der Waals surface area contributed by atoms with Crippen molar-refractivity contribution in [2.45, 2.75) is 25.8 Å². The van der Waals surface area contributed by atoms with E-state index in [0.29, 0.717) is 11.2 Å². The van der Waals surface area contributed by atoms with Crippen molar-refractivity contribution in [1.82, 2.24) is 9.97 Å². The predicted octanol–water partition coefficient (Wildman–Crippen LogP) is 3.78. The lowest BCUT2D eigenvalue weighted by Gasteiger charge is -2.25. The summed E-state index contributed by atoms with van der Waals surface area (Å²) < 4.78 is 0. The number of benzene rings is 1. The zero-order chi connectivity index (χ0) is 13.2. The van der Waals surface area contributed by atoms with Crippen molar-refractivity contribution in [2.24, 2.45) is 0 Å². The Balaban J connectivity index is 1.91. The van der Waals surface area contributed by atoms with Gasteiger partial charge in [0, 0.05) is 6.54 Å². The van der Waals surface area contributed by atoms with Crippen LogP contribution in [0.1, 0.15) is 30.0 Å². The summed E-state index contributed by atoms with van der Waals surface area (Å²) in [6.45, 7) is 3.12. The van der Waals surface area contributed by atoms with Crippen LogP contribution < -0.4 is 4.90 Å². The summed E-state index contributed by atoms with van der Waals surface area (Å²) in [7, 11) is 0. The fraction of sp³-hybridized carbons (Fsp3) is 0.333. The van der Waals surface area contributed by atoms with Crippen LogP contribution in [0.2, 0.25) is 5.15 Å². The first kappa shape index (κ1) is 12.4. The molecule has 1 aromatic carbocycles. The molecule has 0 saturated carbocycles. The van der Waals surface area contributed by atoms with E-state index in [1.165, 1.54) is 17.5 Å². The Labute approximate surface area is 118 Å². The second-order valence-electron chi connectivity index (χ2n) is 4.96. The molecule has 4 heteroatoms. The lowest BCUT2D eigenvalue weighted by Crippen LogP contribution is -2.23. The summed E-state index contributed by atoms with van der Waals surface area (Å²) in [5, 5.41) is 0.451. The van der Waals surface area contributed by atoms with Crippen LogP contribution in [0.4, 0.5) is 5.82 Å². The van der Waals surface area contributed by atoms with Gasteiger partial charge >= 0.3 is 0 Å². The third-order valence-electron chi connectivity index (χ3n) is 3.60. The summed E-state index contributed by atoms with van der Waals surface area (Å²) in [6, 6.07) is 9.12. The zero-order valence-corrected chi connectivity index (χ0v) is 11.6. The van der Waals surface area contributed by atoms with Gasteiger partial charge in [-0.3, -0.25) is 4.98 Å². The number of nitrogens with zero attached hydrogens (tertiary/aromatic N) is 3. The maximum atomic E-state index is 5.94. The van der Waals surface area contributed by atoms with Crippen molar-refractivity contribution >= 4 is 17.4 Å². The number of aromatic nitrogens is 2. The van der Waals surface area contributed by atoms with E-state index in [9.17, 15) is 0 Å². The Hall–Kier alpha value is -1.61. The van der Waals surface area contributed by atoms with Gasteiger partial charge in [0.25, 0.3) is 0 Å². The predicted molar refractivity (Wildman–Crippen MR) is 77.5 cm³/mol. The van der Waals surface area contributed by atoms with Crippen molar-refractivity contribution in [1.29, 1.82) is 0 Å². The average molecular weight is 274 g/mol. The van der Waals surface area contributed by atoms with Gasteiger partial charge in [-0.1, -0.05) is 41.4 Å². The molecular formula is C15H16ClN3. The lowest BCUT2D eigenvalue weighted by molar-refractivity contribution is 0.710. The number of aryl methyl sites for hydroxylation is 1. The smallest absolute Gasteiger partial charge is 0.149 e. The van der Waals surface area contributed by atoms with Gasteiger partial charge in [-0.25, -0.2) is 4.98 Å². The molecule has 0 aliphatic carbocycles. The highest BCUT2D eigenvalue weighted by molar-refractivity contribution is 6.29. The van der Waals surface area contributed by atoms with E-state index >= 15 is 0 Å². The highest BCUT2D eigenvalue weighted by atomic mass is 35.5. The molecule has 0 N–H and O–H groups in total. The molecule has 1 aliphatic rings. The molecule has 0 radical (unpaired) electrons. The Bertz CT molecular complexity index is 568. The van der Waals surface area contributed by atoms with E-state index in [4.69, 9.17) is 11.6 Å². The monoisotopic (exact) mass is 273 g/mol. The first-order chi connectivity index (χ1) is 9.24. The molecule has 1 atom stereocenters. The third-order valence-corrected chi connectivity index (χ3v) is 3.78. The number of anilines is 1. The highest BCUT2D eigenvalue weighted by Crippen LogP contribution is 2.35. The molecule has 1 aromatic heterocycles. The third kappa shape index (κ3) is 2.56. The van der Waals surface area contributed by atoms with E-state index in [-0.39, 0.29) is 0 Å². The largest absolute Gasteiger partial charge is 0.348 e. The van der Waals surface area contributed by atoms with Crippen LogP contribution in [-0.2, 0) is 0 Å². The molecular weight excluding hydrogens is 258 g/mol. The Morgan fingerprint density at radius 3 is 2.74 bits per heavy atom. The zero-order valence-electron chi connectivity index (χ0n) is 10.9. The molecule has 3 rings (SSSR count). The van der Waals surface area contributed by atoms with Gasteiger partial charge < -0.3 is 4.90 Å². The minimum atomic E-state index is 0.383. The summed E-state index contributed by atoms with van der Waals surface area (Å²) in [6.07, 6.45) is 5.68. The average Bonchev–Trinajstić information content (AvgIpc) is 2.89. The SMILES string of the molecule is Cc1ccc([C@@H]2CCCN2c2cncc(Cl)n2)cc1. The van der Waals surface area contributed by atoms with E-state index < -0.39 is 0 Å². The van der Waals surface area contributed by atoms with Crippen molar-refractivity contribution < 1.29 is 0 Å². The number of hydrogen-bond donors (Lipinski definition) is 0. The molecule has 1 fully saturated rings. The standard InChI is InChI=1S/C15H16ClN3/c1-11-4-6-12(7-5-11)13-3-2-8-19(13)15-10-17-9-14(16)18-15/h4-7,9-10,13H,2-3,8H2,1H3/t13-/m0/s1. The van der Waals surface area contributed by atoms with Crippen LogP contribution in [-0.4, -0.2) is 16.5 Å². The van der Waals surface area contributed by atoms with Gasteiger partial charge in [-0.05, 0) is 25.3 Å². The van der Waals surface area contributed by atoms with Crippen molar-refractivity contribution in [3.05, 3.63) is 52.9 Å². The summed E-state index contributed by atoms with van der Waals surface area (Å²) >= 11 is 5.94. The van der Waals surface area contributed by atoms with E-state index in [1.807, 2.05) is 0 Å². The maximum Gasteiger partial charge on any atom is 0.149 e.